The van der Waals surface area contributed by atoms with Gasteiger partial charge >= 0.3 is 0 Å². The van der Waals surface area contributed by atoms with Crippen LogP contribution in [0.1, 0.15) is 12.6 Å². The van der Waals surface area contributed by atoms with E-state index < -0.39 is 0 Å². The standard InChI is InChI=1S/C14H19N3O/c1-4-18-12-7-5-6-11(8-12)14-13(9-15-2)17(3)10-16-14/h5-8,10,15H,4,9H2,1-3H3. The summed E-state index contributed by atoms with van der Waals surface area (Å²) in [5.41, 5.74) is 3.27. The van der Waals surface area contributed by atoms with Crippen molar-refractivity contribution >= 4 is 0 Å². The van der Waals surface area contributed by atoms with Crippen molar-refractivity contribution in [2.75, 3.05) is 13.7 Å². The fourth-order valence-electron chi connectivity index (χ4n) is 1.97. The molecule has 0 radical (unpaired) electrons. The highest BCUT2D eigenvalue weighted by molar-refractivity contribution is 5.63. The van der Waals surface area contributed by atoms with E-state index in [2.05, 4.69) is 16.4 Å². The van der Waals surface area contributed by atoms with Crippen LogP contribution >= 0.6 is 0 Å². The number of nitrogens with one attached hydrogen (secondary N) is 1. The van der Waals surface area contributed by atoms with E-state index in [0.717, 1.165) is 23.6 Å². The molecule has 1 N–H and O–H groups in total. The monoisotopic (exact) mass is 245 g/mol. The smallest absolute Gasteiger partial charge is 0.119 e. The lowest BCUT2D eigenvalue weighted by Crippen LogP contribution is -2.09. The minimum Gasteiger partial charge on any atom is -0.494 e. The molecule has 0 saturated carbocycles. The first-order chi connectivity index (χ1) is 8.76. The molecule has 4 heteroatoms. The molecule has 0 spiro atoms. The van der Waals surface area contributed by atoms with Crippen LogP contribution in [0.3, 0.4) is 0 Å². The summed E-state index contributed by atoms with van der Waals surface area (Å²) >= 11 is 0. The van der Waals surface area contributed by atoms with Crippen LogP contribution in [-0.4, -0.2) is 23.2 Å². The van der Waals surface area contributed by atoms with Crippen LogP contribution in [0.15, 0.2) is 30.6 Å². The molecule has 4 nitrogen and oxygen atoms in total. The quantitative estimate of drug-likeness (QED) is 0.877. The zero-order chi connectivity index (χ0) is 13.0. The highest BCUT2D eigenvalue weighted by Crippen LogP contribution is 2.25. The Morgan fingerprint density at radius 1 is 1.39 bits per heavy atom. The van der Waals surface area contributed by atoms with Gasteiger partial charge in [-0.3, -0.25) is 0 Å². The van der Waals surface area contributed by atoms with E-state index in [4.69, 9.17) is 4.74 Å². The Morgan fingerprint density at radius 3 is 2.94 bits per heavy atom. The summed E-state index contributed by atoms with van der Waals surface area (Å²) < 4.78 is 7.57. The van der Waals surface area contributed by atoms with E-state index in [1.807, 2.05) is 50.1 Å². The molecule has 0 aliphatic rings. The number of aromatic nitrogens is 2. The normalized spacial score (nSPS) is 10.6. The zero-order valence-electron chi connectivity index (χ0n) is 11.1. The van der Waals surface area contributed by atoms with Gasteiger partial charge in [0.1, 0.15) is 5.75 Å². The van der Waals surface area contributed by atoms with Crippen LogP contribution in [0.4, 0.5) is 0 Å². The van der Waals surface area contributed by atoms with Crippen LogP contribution in [0.25, 0.3) is 11.3 Å². The Labute approximate surface area is 108 Å². The first-order valence-corrected chi connectivity index (χ1v) is 6.14. The molecule has 18 heavy (non-hydrogen) atoms. The number of imidazole rings is 1. The first kappa shape index (κ1) is 12.6. The summed E-state index contributed by atoms with van der Waals surface area (Å²) in [6.45, 7) is 3.46. The van der Waals surface area contributed by atoms with Gasteiger partial charge in [0.15, 0.2) is 0 Å². The second-order valence-electron chi connectivity index (χ2n) is 4.14. The minimum absolute atomic E-state index is 0.676. The predicted octanol–water partition coefficient (Wildman–Crippen LogP) is 2.21. The summed E-state index contributed by atoms with van der Waals surface area (Å²) in [5.74, 6) is 0.885. The zero-order valence-corrected chi connectivity index (χ0v) is 11.1. The molecular formula is C14H19N3O. The summed E-state index contributed by atoms with van der Waals surface area (Å²) in [6, 6.07) is 8.06. The van der Waals surface area contributed by atoms with Crippen molar-refractivity contribution in [1.29, 1.82) is 0 Å². The fourth-order valence-corrected chi connectivity index (χ4v) is 1.97. The highest BCUT2D eigenvalue weighted by atomic mass is 16.5. The third kappa shape index (κ3) is 2.54. The molecule has 0 aliphatic heterocycles. The Balaban J connectivity index is 2.38. The Morgan fingerprint density at radius 2 is 2.22 bits per heavy atom. The average Bonchev–Trinajstić information content (AvgIpc) is 2.73. The van der Waals surface area contributed by atoms with Gasteiger partial charge in [-0.05, 0) is 26.1 Å². The molecule has 0 atom stereocenters. The molecule has 1 aromatic heterocycles. The number of rotatable bonds is 5. The van der Waals surface area contributed by atoms with Crippen molar-refractivity contribution in [2.45, 2.75) is 13.5 Å². The largest absolute Gasteiger partial charge is 0.494 e. The number of nitrogens with zero attached hydrogens (tertiary/aromatic N) is 2. The highest BCUT2D eigenvalue weighted by Gasteiger charge is 2.10. The van der Waals surface area contributed by atoms with Gasteiger partial charge in [-0.15, -0.1) is 0 Å². The van der Waals surface area contributed by atoms with Crippen LogP contribution in [-0.2, 0) is 13.6 Å². The fraction of sp³-hybridized carbons (Fsp3) is 0.357. The second kappa shape index (κ2) is 5.69. The van der Waals surface area contributed by atoms with Gasteiger partial charge in [-0.2, -0.15) is 0 Å². The topological polar surface area (TPSA) is 39.1 Å². The van der Waals surface area contributed by atoms with E-state index in [-0.39, 0.29) is 0 Å². The maximum absolute atomic E-state index is 5.52. The van der Waals surface area contributed by atoms with E-state index >= 15 is 0 Å². The number of hydrogen-bond acceptors (Lipinski definition) is 3. The molecule has 0 bridgehead atoms. The molecule has 0 unspecified atom stereocenters. The van der Waals surface area contributed by atoms with Gasteiger partial charge in [0.25, 0.3) is 0 Å². The van der Waals surface area contributed by atoms with E-state index in [0.29, 0.717) is 6.61 Å². The lowest BCUT2D eigenvalue weighted by molar-refractivity contribution is 0.340. The molecule has 96 valence electrons. The molecular weight excluding hydrogens is 226 g/mol. The van der Waals surface area contributed by atoms with Gasteiger partial charge in [-0.25, -0.2) is 4.98 Å². The number of ether oxygens (including phenoxy) is 1. The molecule has 2 rings (SSSR count). The lowest BCUT2D eigenvalue weighted by atomic mass is 10.1. The van der Waals surface area contributed by atoms with E-state index in [9.17, 15) is 0 Å². The average molecular weight is 245 g/mol. The Hall–Kier alpha value is -1.81. The number of benzene rings is 1. The molecule has 0 fully saturated rings. The van der Waals surface area contributed by atoms with Crippen molar-refractivity contribution in [2.24, 2.45) is 7.05 Å². The van der Waals surface area contributed by atoms with E-state index in [1.54, 1.807) is 0 Å². The summed E-state index contributed by atoms with van der Waals surface area (Å²) in [6.07, 6.45) is 1.84. The SMILES string of the molecule is CCOc1cccc(-c2ncn(C)c2CNC)c1. The number of aryl methyl sites for hydroxylation is 1. The van der Waals surface area contributed by atoms with Crippen LogP contribution in [0.2, 0.25) is 0 Å². The summed E-state index contributed by atoms with van der Waals surface area (Å²) in [7, 11) is 3.95. The van der Waals surface area contributed by atoms with Gasteiger partial charge in [0.05, 0.1) is 24.3 Å². The first-order valence-electron chi connectivity index (χ1n) is 6.14. The summed E-state index contributed by atoms with van der Waals surface area (Å²) in [5, 5.41) is 3.17. The third-order valence-electron chi connectivity index (χ3n) is 2.82. The molecule has 0 amide bonds. The van der Waals surface area contributed by atoms with Crippen LogP contribution < -0.4 is 10.1 Å². The lowest BCUT2D eigenvalue weighted by Gasteiger charge is -2.07. The minimum atomic E-state index is 0.676. The van der Waals surface area contributed by atoms with Gasteiger partial charge in [0, 0.05) is 19.2 Å². The molecule has 0 saturated heterocycles. The molecule has 1 aromatic carbocycles. The van der Waals surface area contributed by atoms with Crippen molar-refractivity contribution in [1.82, 2.24) is 14.9 Å². The molecule has 0 aliphatic carbocycles. The van der Waals surface area contributed by atoms with Crippen molar-refractivity contribution in [3.05, 3.63) is 36.3 Å². The van der Waals surface area contributed by atoms with Crippen LogP contribution in [0, 0.1) is 0 Å². The van der Waals surface area contributed by atoms with Gasteiger partial charge in [-0.1, -0.05) is 12.1 Å². The third-order valence-corrected chi connectivity index (χ3v) is 2.82. The van der Waals surface area contributed by atoms with Gasteiger partial charge < -0.3 is 14.6 Å². The van der Waals surface area contributed by atoms with Crippen molar-refractivity contribution in [3.8, 4) is 17.0 Å². The van der Waals surface area contributed by atoms with Crippen molar-refractivity contribution < 1.29 is 4.74 Å². The number of hydrogen-bond donors (Lipinski definition) is 1. The molecule has 2 aromatic rings. The van der Waals surface area contributed by atoms with Gasteiger partial charge in [0.2, 0.25) is 0 Å². The van der Waals surface area contributed by atoms with Crippen LogP contribution in [0.5, 0.6) is 5.75 Å². The maximum atomic E-state index is 5.52. The summed E-state index contributed by atoms with van der Waals surface area (Å²) in [4.78, 5) is 4.47. The Kier molecular flexibility index (Phi) is 3.99. The van der Waals surface area contributed by atoms with E-state index in [1.165, 1.54) is 5.69 Å². The molecule has 1 heterocycles. The Bertz CT molecular complexity index is 520. The maximum Gasteiger partial charge on any atom is 0.119 e. The predicted molar refractivity (Wildman–Crippen MR) is 72.6 cm³/mol. The second-order valence-corrected chi connectivity index (χ2v) is 4.14. The van der Waals surface area contributed by atoms with Crippen molar-refractivity contribution in [3.63, 3.8) is 0 Å².